The lowest BCUT2D eigenvalue weighted by atomic mass is 10.0. The third-order valence-electron chi connectivity index (χ3n) is 5.01. The molecule has 6 nitrogen and oxygen atoms in total. The number of nitrogen functional groups attached to an aromatic ring is 1. The number of nitrogens with zero attached hydrogens (tertiary/aromatic N) is 3. The molecule has 3 heterocycles. The fourth-order valence-corrected chi connectivity index (χ4v) is 3.82. The molecule has 0 fully saturated rings. The average Bonchev–Trinajstić information content (AvgIpc) is 2.72. The van der Waals surface area contributed by atoms with Crippen molar-refractivity contribution in [3.8, 4) is 17.1 Å². The Morgan fingerprint density at radius 3 is 2.93 bits per heavy atom. The van der Waals surface area contributed by atoms with Gasteiger partial charge < -0.3 is 15.8 Å². The third kappa shape index (κ3) is 3.88. The molecule has 0 saturated heterocycles. The second-order valence-electron chi connectivity index (χ2n) is 7.05. The number of nitrogens with one attached hydrogen (secondary N) is 1. The lowest BCUT2D eigenvalue weighted by molar-refractivity contribution is 0.226. The predicted molar refractivity (Wildman–Crippen MR) is 110 cm³/mol. The molecule has 0 amide bonds. The van der Waals surface area contributed by atoms with Gasteiger partial charge in [-0.1, -0.05) is 17.7 Å². The molecule has 150 valence electrons. The molecule has 2 aromatic heterocycles. The number of hydrogen-bond acceptors (Lipinski definition) is 6. The van der Waals surface area contributed by atoms with Gasteiger partial charge in [0.25, 0.3) is 0 Å². The maximum Gasteiger partial charge on any atom is 0.166 e. The van der Waals surface area contributed by atoms with Crippen molar-refractivity contribution < 1.29 is 9.13 Å². The monoisotopic (exact) mass is 413 g/mol. The number of benzene rings is 1. The van der Waals surface area contributed by atoms with E-state index in [1.165, 1.54) is 6.07 Å². The van der Waals surface area contributed by atoms with Crippen LogP contribution in [0.4, 0.5) is 10.2 Å². The number of ether oxygens (including phenoxy) is 1. The van der Waals surface area contributed by atoms with Crippen molar-refractivity contribution >= 4 is 17.4 Å². The van der Waals surface area contributed by atoms with Gasteiger partial charge in [-0.25, -0.2) is 19.3 Å². The highest BCUT2D eigenvalue weighted by molar-refractivity contribution is 6.31. The maximum absolute atomic E-state index is 13.9. The molecular formula is C21H21ClFN5O. The normalized spacial score (nSPS) is 14.3. The van der Waals surface area contributed by atoms with Crippen LogP contribution in [0.1, 0.15) is 35.4 Å². The smallest absolute Gasteiger partial charge is 0.166 e. The van der Waals surface area contributed by atoms with Crippen LogP contribution < -0.4 is 15.8 Å². The first-order valence-corrected chi connectivity index (χ1v) is 9.74. The molecule has 29 heavy (non-hydrogen) atoms. The van der Waals surface area contributed by atoms with Crippen LogP contribution in [-0.2, 0) is 13.0 Å². The van der Waals surface area contributed by atoms with Gasteiger partial charge in [-0.15, -0.1) is 0 Å². The second kappa shape index (κ2) is 7.93. The number of anilines is 1. The minimum absolute atomic E-state index is 0.0480. The summed E-state index contributed by atoms with van der Waals surface area (Å²) >= 11 is 6.17. The van der Waals surface area contributed by atoms with E-state index < -0.39 is 11.9 Å². The van der Waals surface area contributed by atoms with E-state index in [0.717, 1.165) is 36.3 Å². The molecule has 0 radical (unpaired) electrons. The van der Waals surface area contributed by atoms with Crippen LogP contribution in [0.25, 0.3) is 11.4 Å². The third-order valence-corrected chi connectivity index (χ3v) is 5.39. The zero-order valence-electron chi connectivity index (χ0n) is 16.2. The lowest BCUT2D eigenvalue weighted by Gasteiger charge is -2.20. The number of aryl methyl sites for hydroxylation is 1. The standard InChI is InChI=1S/C21H21ClFN5O/c1-11-3-4-15(23)19(22)18(11)12(2)29-17-7-13(9-26-20(17)24)21-27-10-14-8-25-6-5-16(14)28-21/h3-4,7,9-10,12,25H,5-6,8H2,1-2H3,(H2,24,26). The molecule has 0 saturated carbocycles. The Morgan fingerprint density at radius 2 is 2.10 bits per heavy atom. The summed E-state index contributed by atoms with van der Waals surface area (Å²) in [4.78, 5) is 13.4. The number of hydrogen-bond donors (Lipinski definition) is 2. The van der Waals surface area contributed by atoms with Crippen molar-refractivity contribution in [1.29, 1.82) is 0 Å². The number of nitrogens with two attached hydrogens (primary N) is 1. The molecule has 0 bridgehead atoms. The average molecular weight is 414 g/mol. The number of rotatable bonds is 4. The molecule has 1 aliphatic rings. The Bertz CT molecular complexity index is 1080. The Balaban J connectivity index is 1.65. The highest BCUT2D eigenvalue weighted by Crippen LogP contribution is 2.34. The van der Waals surface area contributed by atoms with Crippen LogP contribution in [0.15, 0.2) is 30.6 Å². The quantitative estimate of drug-likeness (QED) is 0.672. The zero-order valence-corrected chi connectivity index (χ0v) is 16.9. The van der Waals surface area contributed by atoms with E-state index in [2.05, 4.69) is 20.3 Å². The molecule has 1 aromatic carbocycles. The molecule has 3 N–H and O–H groups in total. The number of fused-ring (bicyclic) bond motifs is 1. The lowest BCUT2D eigenvalue weighted by Crippen LogP contribution is -2.25. The summed E-state index contributed by atoms with van der Waals surface area (Å²) in [7, 11) is 0. The minimum atomic E-state index is -0.520. The van der Waals surface area contributed by atoms with Crippen molar-refractivity contribution in [3.63, 3.8) is 0 Å². The summed E-state index contributed by atoms with van der Waals surface area (Å²) in [6, 6.07) is 4.77. The largest absolute Gasteiger partial charge is 0.482 e. The van der Waals surface area contributed by atoms with Gasteiger partial charge in [-0.2, -0.15) is 0 Å². The van der Waals surface area contributed by atoms with E-state index in [9.17, 15) is 4.39 Å². The number of halogens is 2. The molecule has 4 rings (SSSR count). The van der Waals surface area contributed by atoms with Gasteiger partial charge in [0, 0.05) is 48.6 Å². The van der Waals surface area contributed by atoms with Gasteiger partial charge in [0.2, 0.25) is 0 Å². The Morgan fingerprint density at radius 1 is 1.28 bits per heavy atom. The molecule has 1 atom stereocenters. The molecule has 3 aromatic rings. The van der Waals surface area contributed by atoms with Gasteiger partial charge in [-0.05, 0) is 31.5 Å². The molecule has 0 spiro atoms. The molecule has 8 heteroatoms. The number of aromatic nitrogens is 3. The molecule has 1 aliphatic heterocycles. The van der Waals surface area contributed by atoms with E-state index >= 15 is 0 Å². The van der Waals surface area contributed by atoms with Gasteiger partial charge in [0.1, 0.15) is 11.9 Å². The first kappa shape index (κ1) is 19.5. The first-order valence-electron chi connectivity index (χ1n) is 9.36. The van der Waals surface area contributed by atoms with Crippen molar-refractivity contribution in [3.05, 3.63) is 63.8 Å². The Kier molecular flexibility index (Phi) is 5.34. The molecule has 0 aliphatic carbocycles. The van der Waals surface area contributed by atoms with Crippen LogP contribution >= 0.6 is 11.6 Å². The highest BCUT2D eigenvalue weighted by atomic mass is 35.5. The van der Waals surface area contributed by atoms with Crippen molar-refractivity contribution in [2.45, 2.75) is 32.9 Å². The topological polar surface area (TPSA) is 86.0 Å². The SMILES string of the molecule is Cc1ccc(F)c(Cl)c1C(C)Oc1cc(-c2ncc3c(n2)CCNC3)cnc1N. The van der Waals surface area contributed by atoms with Gasteiger partial charge in [-0.3, -0.25) is 0 Å². The zero-order chi connectivity index (χ0) is 20.5. The summed E-state index contributed by atoms with van der Waals surface area (Å²) in [6.07, 6.45) is 3.79. The fraction of sp³-hybridized carbons (Fsp3) is 0.286. The first-order chi connectivity index (χ1) is 13.9. The second-order valence-corrected chi connectivity index (χ2v) is 7.43. The summed E-state index contributed by atoms with van der Waals surface area (Å²) in [6.45, 7) is 5.31. The van der Waals surface area contributed by atoms with Crippen molar-refractivity contribution in [1.82, 2.24) is 20.3 Å². The summed E-state index contributed by atoms with van der Waals surface area (Å²) in [5.41, 5.74) is 10.3. The minimum Gasteiger partial charge on any atom is -0.482 e. The van der Waals surface area contributed by atoms with Crippen LogP contribution in [0.5, 0.6) is 5.75 Å². The van der Waals surface area contributed by atoms with Crippen molar-refractivity contribution in [2.75, 3.05) is 12.3 Å². The maximum atomic E-state index is 13.9. The molecule has 1 unspecified atom stereocenters. The van der Waals surface area contributed by atoms with Crippen LogP contribution in [-0.4, -0.2) is 21.5 Å². The Labute approximate surface area is 173 Å². The van der Waals surface area contributed by atoms with Crippen LogP contribution in [0, 0.1) is 12.7 Å². The number of pyridine rings is 1. The highest BCUT2D eigenvalue weighted by Gasteiger charge is 2.20. The van der Waals surface area contributed by atoms with Gasteiger partial charge >= 0.3 is 0 Å². The van der Waals surface area contributed by atoms with E-state index in [1.54, 1.807) is 25.3 Å². The Hall–Kier alpha value is -2.77. The van der Waals surface area contributed by atoms with Crippen LogP contribution in [0.3, 0.4) is 0 Å². The van der Waals surface area contributed by atoms with Gasteiger partial charge in [0.05, 0.1) is 10.7 Å². The van der Waals surface area contributed by atoms with E-state index in [-0.39, 0.29) is 10.8 Å². The fourth-order valence-electron chi connectivity index (χ4n) is 3.46. The van der Waals surface area contributed by atoms with E-state index in [1.807, 2.05) is 13.1 Å². The van der Waals surface area contributed by atoms with Crippen LogP contribution in [0.2, 0.25) is 5.02 Å². The van der Waals surface area contributed by atoms with Crippen molar-refractivity contribution in [2.24, 2.45) is 0 Å². The van der Waals surface area contributed by atoms with Gasteiger partial charge in [0.15, 0.2) is 17.4 Å². The predicted octanol–water partition coefficient (Wildman–Crippen LogP) is 4.01. The summed E-state index contributed by atoms with van der Waals surface area (Å²) < 4.78 is 19.9. The van der Waals surface area contributed by atoms with E-state index in [4.69, 9.17) is 22.1 Å². The molecular weight excluding hydrogens is 393 g/mol. The summed E-state index contributed by atoms with van der Waals surface area (Å²) in [5.74, 6) is 0.681. The summed E-state index contributed by atoms with van der Waals surface area (Å²) in [5, 5.41) is 3.35. The van der Waals surface area contributed by atoms with E-state index in [0.29, 0.717) is 22.7 Å².